The average Bonchev–Trinajstić information content (AvgIpc) is 2.85. The van der Waals surface area contributed by atoms with E-state index in [1.807, 2.05) is 30.4 Å². The first kappa shape index (κ1) is 15.2. The van der Waals surface area contributed by atoms with Gasteiger partial charge in [-0.05, 0) is 30.5 Å². The summed E-state index contributed by atoms with van der Waals surface area (Å²) in [4.78, 5) is 2.67. The molecule has 1 aromatic heterocycles. The summed E-state index contributed by atoms with van der Waals surface area (Å²) < 4.78 is 13.7. The van der Waals surface area contributed by atoms with Crippen LogP contribution in [0.3, 0.4) is 0 Å². The molecule has 0 spiro atoms. The molecule has 1 unspecified atom stereocenters. The number of hydrogen-bond donors (Lipinski definition) is 1. The molecule has 2 aromatic rings. The van der Waals surface area contributed by atoms with Crippen molar-refractivity contribution in [2.75, 3.05) is 0 Å². The van der Waals surface area contributed by atoms with Gasteiger partial charge in [0.2, 0.25) is 0 Å². The molecule has 0 radical (unpaired) electrons. The molecule has 1 N–H and O–H groups in total. The summed E-state index contributed by atoms with van der Waals surface area (Å²) in [5.41, 5.74) is 0.917. The number of hydrogen-bond acceptors (Lipinski definition) is 2. The lowest BCUT2D eigenvalue weighted by molar-refractivity contribution is 0.530. The van der Waals surface area contributed by atoms with Crippen LogP contribution in [0, 0.1) is 5.82 Å². The maximum atomic E-state index is 13.7. The van der Waals surface area contributed by atoms with Crippen LogP contribution in [-0.2, 0) is 12.0 Å². The third-order valence-electron chi connectivity index (χ3n) is 3.36. The molecular formula is C17H22FNS. The second-order valence-corrected chi connectivity index (χ2v) is 7.31. The fourth-order valence-corrected chi connectivity index (χ4v) is 3.08. The van der Waals surface area contributed by atoms with E-state index >= 15 is 0 Å². The van der Waals surface area contributed by atoms with Crippen molar-refractivity contribution in [1.29, 1.82) is 0 Å². The molecule has 1 nitrogen and oxygen atoms in total. The van der Waals surface area contributed by atoms with Crippen LogP contribution in [0.1, 0.15) is 49.1 Å². The van der Waals surface area contributed by atoms with Crippen LogP contribution in [0.15, 0.2) is 36.4 Å². The molecule has 1 aromatic carbocycles. The number of benzene rings is 1. The summed E-state index contributed by atoms with van der Waals surface area (Å²) in [6.45, 7) is 9.43. The van der Waals surface area contributed by atoms with E-state index in [2.05, 4.69) is 38.2 Å². The smallest absolute Gasteiger partial charge is 0.127 e. The van der Waals surface area contributed by atoms with Gasteiger partial charge in [-0.1, -0.05) is 39.0 Å². The summed E-state index contributed by atoms with van der Waals surface area (Å²) in [6.07, 6.45) is 0. The van der Waals surface area contributed by atoms with E-state index in [9.17, 15) is 4.39 Å². The Bertz CT molecular complexity index is 568. The van der Waals surface area contributed by atoms with Crippen molar-refractivity contribution >= 4 is 11.3 Å². The van der Waals surface area contributed by atoms with Crippen LogP contribution in [0.4, 0.5) is 4.39 Å². The second-order valence-electron chi connectivity index (χ2n) is 6.14. The van der Waals surface area contributed by atoms with Crippen LogP contribution in [0.2, 0.25) is 0 Å². The largest absolute Gasteiger partial charge is 0.305 e. The van der Waals surface area contributed by atoms with Gasteiger partial charge < -0.3 is 5.32 Å². The van der Waals surface area contributed by atoms with Gasteiger partial charge in [-0.2, -0.15) is 0 Å². The van der Waals surface area contributed by atoms with Crippen LogP contribution >= 0.6 is 11.3 Å². The normalized spacial score (nSPS) is 13.4. The summed E-state index contributed by atoms with van der Waals surface area (Å²) in [5, 5.41) is 3.39. The van der Waals surface area contributed by atoms with Gasteiger partial charge in [0.05, 0.1) is 0 Å². The Balaban J connectivity index is 1.99. The summed E-state index contributed by atoms with van der Waals surface area (Å²) in [5.74, 6) is -0.144. The predicted octanol–water partition coefficient (Wildman–Crippen LogP) is 5.04. The van der Waals surface area contributed by atoms with E-state index in [-0.39, 0.29) is 17.3 Å². The van der Waals surface area contributed by atoms with E-state index in [1.165, 1.54) is 15.8 Å². The molecule has 0 bridgehead atoms. The van der Waals surface area contributed by atoms with Crippen LogP contribution < -0.4 is 5.32 Å². The average molecular weight is 291 g/mol. The molecule has 0 fully saturated rings. The second kappa shape index (κ2) is 6.06. The van der Waals surface area contributed by atoms with Gasteiger partial charge in [0.15, 0.2) is 0 Å². The van der Waals surface area contributed by atoms with Gasteiger partial charge >= 0.3 is 0 Å². The van der Waals surface area contributed by atoms with Crippen LogP contribution in [0.5, 0.6) is 0 Å². The minimum absolute atomic E-state index is 0.0105. The highest BCUT2D eigenvalue weighted by molar-refractivity contribution is 7.12. The first-order valence-electron chi connectivity index (χ1n) is 6.95. The maximum Gasteiger partial charge on any atom is 0.127 e. The molecule has 0 amide bonds. The molecule has 0 aliphatic carbocycles. The number of thiophene rings is 1. The first-order chi connectivity index (χ1) is 9.38. The maximum absolute atomic E-state index is 13.7. The van der Waals surface area contributed by atoms with Crippen LogP contribution in [-0.4, -0.2) is 0 Å². The molecule has 1 heterocycles. The van der Waals surface area contributed by atoms with Gasteiger partial charge in [0.25, 0.3) is 0 Å². The molecule has 2 rings (SSSR count). The fourth-order valence-electron chi connectivity index (χ4n) is 2.07. The van der Waals surface area contributed by atoms with E-state index in [0.717, 1.165) is 12.1 Å². The van der Waals surface area contributed by atoms with Crippen molar-refractivity contribution in [3.63, 3.8) is 0 Å². The number of rotatable bonds is 4. The Morgan fingerprint density at radius 3 is 2.45 bits per heavy atom. The van der Waals surface area contributed by atoms with Gasteiger partial charge in [-0.25, -0.2) is 4.39 Å². The molecular weight excluding hydrogens is 269 g/mol. The van der Waals surface area contributed by atoms with E-state index in [0.29, 0.717) is 0 Å². The molecule has 3 heteroatoms. The van der Waals surface area contributed by atoms with E-state index in [1.54, 1.807) is 6.07 Å². The minimum Gasteiger partial charge on any atom is -0.305 e. The van der Waals surface area contributed by atoms with Crippen molar-refractivity contribution in [2.45, 2.75) is 45.7 Å². The topological polar surface area (TPSA) is 12.0 Å². The fraction of sp³-hybridized carbons (Fsp3) is 0.412. The molecule has 0 aliphatic rings. The van der Waals surface area contributed by atoms with Gasteiger partial charge in [0, 0.05) is 27.9 Å². The zero-order chi connectivity index (χ0) is 14.8. The van der Waals surface area contributed by atoms with Crippen molar-refractivity contribution in [3.05, 3.63) is 57.5 Å². The third kappa shape index (κ3) is 3.68. The first-order valence-corrected chi connectivity index (χ1v) is 7.76. The van der Waals surface area contributed by atoms with Crippen molar-refractivity contribution < 1.29 is 4.39 Å². The number of halogens is 1. The Morgan fingerprint density at radius 1 is 1.15 bits per heavy atom. The van der Waals surface area contributed by atoms with Crippen molar-refractivity contribution in [1.82, 2.24) is 5.32 Å². The van der Waals surface area contributed by atoms with Gasteiger partial charge in [0.1, 0.15) is 5.82 Å². The lowest BCUT2D eigenvalue weighted by Crippen LogP contribution is -2.18. The third-order valence-corrected chi connectivity index (χ3v) is 4.87. The Labute approximate surface area is 124 Å². The highest BCUT2D eigenvalue weighted by atomic mass is 32.1. The standard InChI is InChI=1S/C17H22FNS/c1-12(14-7-5-6-8-15(14)18)19-11-13-9-10-16(20-13)17(2,3)4/h5-10,12,19H,11H2,1-4H3. The Kier molecular flexibility index (Phi) is 4.61. The zero-order valence-corrected chi connectivity index (χ0v) is 13.4. The molecule has 1 atom stereocenters. The summed E-state index contributed by atoms with van der Waals surface area (Å²) in [7, 11) is 0. The highest BCUT2D eigenvalue weighted by Crippen LogP contribution is 2.29. The monoisotopic (exact) mass is 291 g/mol. The lowest BCUT2D eigenvalue weighted by atomic mass is 9.95. The van der Waals surface area contributed by atoms with Crippen molar-refractivity contribution in [2.24, 2.45) is 0 Å². The Hall–Kier alpha value is -1.19. The molecule has 20 heavy (non-hydrogen) atoms. The predicted molar refractivity (Wildman–Crippen MR) is 84.7 cm³/mol. The molecule has 0 aliphatic heterocycles. The Morgan fingerprint density at radius 2 is 1.85 bits per heavy atom. The van der Waals surface area contributed by atoms with Gasteiger partial charge in [-0.15, -0.1) is 11.3 Å². The minimum atomic E-state index is -0.144. The summed E-state index contributed by atoms with van der Waals surface area (Å²) in [6, 6.07) is 11.3. The van der Waals surface area contributed by atoms with E-state index < -0.39 is 0 Å². The summed E-state index contributed by atoms with van der Waals surface area (Å²) >= 11 is 1.82. The number of nitrogens with one attached hydrogen (secondary N) is 1. The molecule has 108 valence electrons. The quantitative estimate of drug-likeness (QED) is 0.832. The zero-order valence-electron chi connectivity index (χ0n) is 12.5. The van der Waals surface area contributed by atoms with Crippen LogP contribution in [0.25, 0.3) is 0 Å². The lowest BCUT2D eigenvalue weighted by Gasteiger charge is -2.16. The van der Waals surface area contributed by atoms with E-state index in [4.69, 9.17) is 0 Å². The molecule has 0 saturated carbocycles. The highest BCUT2D eigenvalue weighted by Gasteiger charge is 2.16. The van der Waals surface area contributed by atoms with Gasteiger partial charge in [-0.3, -0.25) is 0 Å². The molecule has 0 saturated heterocycles. The SMILES string of the molecule is CC(NCc1ccc(C(C)(C)C)s1)c1ccccc1F. The van der Waals surface area contributed by atoms with Crippen molar-refractivity contribution in [3.8, 4) is 0 Å².